The van der Waals surface area contributed by atoms with E-state index >= 15 is 0 Å². The number of hydrogen-bond acceptors (Lipinski definition) is 4. The molecule has 1 fully saturated rings. The summed E-state index contributed by atoms with van der Waals surface area (Å²) in [4.78, 5) is 12.4. The van der Waals surface area contributed by atoms with Gasteiger partial charge in [0.1, 0.15) is 5.82 Å². The van der Waals surface area contributed by atoms with Crippen LogP contribution in [0.5, 0.6) is 0 Å². The molecule has 5 nitrogen and oxygen atoms in total. The van der Waals surface area contributed by atoms with Crippen molar-refractivity contribution in [2.45, 2.75) is 36.1 Å². The Hall–Kier alpha value is -1.24. The lowest BCUT2D eigenvalue weighted by Gasteiger charge is -2.13. The minimum atomic E-state index is -0.333. The number of anilines is 1. The maximum absolute atomic E-state index is 12.4. The smallest absolute Gasteiger partial charge is 0.237 e. The van der Waals surface area contributed by atoms with E-state index in [1.807, 2.05) is 18.5 Å². The largest absolute Gasteiger partial charge is 0.324 e. The van der Waals surface area contributed by atoms with Gasteiger partial charge >= 0.3 is 0 Å². The van der Waals surface area contributed by atoms with Crippen LogP contribution in [0, 0.1) is 0 Å². The molecule has 1 aromatic heterocycles. The fraction of sp³-hybridized carbons (Fsp3) is 0.400. The Labute approximate surface area is 148 Å². The zero-order valence-electron chi connectivity index (χ0n) is 12.7. The highest BCUT2D eigenvalue weighted by Crippen LogP contribution is 2.39. The van der Waals surface area contributed by atoms with Gasteiger partial charge in [-0.25, -0.2) is 0 Å². The molecular weight excluding hydrogens is 355 g/mol. The molecule has 0 radical (unpaired) electrons. The molecule has 1 heterocycles. The van der Waals surface area contributed by atoms with Crippen LogP contribution in [0.4, 0.5) is 5.69 Å². The molecule has 1 saturated carbocycles. The standard InChI is InChI=1S/C15H16Cl2N4OS/c1-8(14(22)18-12-7-10(16)5-6-11(12)17)23-15-20-19-13(21(15)2)9-3-4-9/h5-9H,3-4H2,1-2H3,(H,18,22)/t8-/m0/s1. The summed E-state index contributed by atoms with van der Waals surface area (Å²) in [6.45, 7) is 1.82. The summed E-state index contributed by atoms with van der Waals surface area (Å²) in [6, 6.07) is 4.96. The minimum Gasteiger partial charge on any atom is -0.324 e. The summed E-state index contributed by atoms with van der Waals surface area (Å²) in [6.07, 6.45) is 2.33. The van der Waals surface area contributed by atoms with Crippen molar-refractivity contribution >= 4 is 46.6 Å². The highest BCUT2D eigenvalue weighted by atomic mass is 35.5. The molecule has 0 spiro atoms. The Morgan fingerprint density at radius 3 is 2.83 bits per heavy atom. The number of amides is 1. The molecule has 1 amide bonds. The molecular formula is C15H16Cl2N4OS. The first-order valence-corrected chi connectivity index (χ1v) is 8.91. The molecule has 1 N–H and O–H groups in total. The second-order valence-electron chi connectivity index (χ2n) is 5.55. The first-order chi connectivity index (χ1) is 11.0. The average Bonchev–Trinajstić information content (AvgIpc) is 3.29. The molecule has 0 bridgehead atoms. The van der Waals surface area contributed by atoms with Crippen LogP contribution in [0.3, 0.4) is 0 Å². The first-order valence-electron chi connectivity index (χ1n) is 7.27. The van der Waals surface area contributed by atoms with Gasteiger partial charge in [-0.05, 0) is 38.0 Å². The lowest BCUT2D eigenvalue weighted by Crippen LogP contribution is -2.23. The molecule has 1 aliphatic rings. The molecule has 2 aromatic rings. The van der Waals surface area contributed by atoms with E-state index in [0.717, 1.165) is 11.0 Å². The van der Waals surface area contributed by atoms with E-state index in [0.29, 0.717) is 21.7 Å². The third-order valence-electron chi connectivity index (χ3n) is 3.65. The minimum absolute atomic E-state index is 0.157. The normalized spacial score (nSPS) is 15.5. The summed E-state index contributed by atoms with van der Waals surface area (Å²) in [7, 11) is 1.94. The van der Waals surface area contributed by atoms with Crippen molar-refractivity contribution in [3.63, 3.8) is 0 Å². The van der Waals surface area contributed by atoms with Gasteiger partial charge in [-0.3, -0.25) is 4.79 Å². The van der Waals surface area contributed by atoms with E-state index in [-0.39, 0.29) is 11.2 Å². The van der Waals surface area contributed by atoms with Crippen molar-refractivity contribution in [3.8, 4) is 0 Å². The van der Waals surface area contributed by atoms with Gasteiger partial charge in [0.25, 0.3) is 0 Å². The number of halogens is 2. The van der Waals surface area contributed by atoms with Crippen LogP contribution in [0.1, 0.15) is 31.5 Å². The number of benzene rings is 1. The van der Waals surface area contributed by atoms with E-state index in [9.17, 15) is 4.79 Å². The predicted molar refractivity (Wildman–Crippen MR) is 93.4 cm³/mol. The molecule has 1 atom stereocenters. The number of rotatable bonds is 5. The molecule has 1 aliphatic carbocycles. The second kappa shape index (κ2) is 6.71. The Morgan fingerprint density at radius 2 is 2.13 bits per heavy atom. The van der Waals surface area contributed by atoms with Crippen molar-refractivity contribution in [1.82, 2.24) is 14.8 Å². The van der Waals surface area contributed by atoms with Crippen LogP contribution >= 0.6 is 35.0 Å². The molecule has 8 heteroatoms. The van der Waals surface area contributed by atoms with Crippen molar-refractivity contribution in [3.05, 3.63) is 34.1 Å². The third kappa shape index (κ3) is 3.82. The maximum atomic E-state index is 12.4. The van der Waals surface area contributed by atoms with E-state index in [1.54, 1.807) is 18.2 Å². The maximum Gasteiger partial charge on any atom is 0.237 e. The quantitative estimate of drug-likeness (QED) is 0.804. The van der Waals surface area contributed by atoms with Crippen LogP contribution in [0.2, 0.25) is 10.0 Å². The summed E-state index contributed by atoms with van der Waals surface area (Å²) >= 11 is 13.4. The van der Waals surface area contributed by atoms with Gasteiger partial charge in [0, 0.05) is 18.0 Å². The molecule has 23 heavy (non-hydrogen) atoms. The third-order valence-corrected chi connectivity index (χ3v) is 5.35. The van der Waals surface area contributed by atoms with Crippen molar-refractivity contribution in [2.75, 3.05) is 5.32 Å². The van der Waals surface area contributed by atoms with Gasteiger partial charge in [-0.2, -0.15) is 0 Å². The number of hydrogen-bond donors (Lipinski definition) is 1. The van der Waals surface area contributed by atoms with Gasteiger partial charge in [-0.1, -0.05) is 35.0 Å². The summed E-state index contributed by atoms with van der Waals surface area (Å²) < 4.78 is 1.97. The number of aromatic nitrogens is 3. The van der Waals surface area contributed by atoms with Gasteiger partial charge in [0.05, 0.1) is 16.0 Å². The van der Waals surface area contributed by atoms with Crippen LogP contribution in [-0.2, 0) is 11.8 Å². The highest BCUT2D eigenvalue weighted by molar-refractivity contribution is 8.00. The number of thioether (sulfide) groups is 1. The van der Waals surface area contributed by atoms with E-state index < -0.39 is 0 Å². The zero-order chi connectivity index (χ0) is 16.6. The molecule has 122 valence electrons. The predicted octanol–water partition coefficient (Wildman–Crippen LogP) is 4.12. The lowest BCUT2D eigenvalue weighted by atomic mass is 10.3. The highest BCUT2D eigenvalue weighted by Gasteiger charge is 2.30. The van der Waals surface area contributed by atoms with Crippen molar-refractivity contribution < 1.29 is 4.79 Å². The topological polar surface area (TPSA) is 59.8 Å². The monoisotopic (exact) mass is 370 g/mol. The number of carbonyl (C=O) groups is 1. The lowest BCUT2D eigenvalue weighted by molar-refractivity contribution is -0.115. The average molecular weight is 371 g/mol. The van der Waals surface area contributed by atoms with Crippen LogP contribution in [0.15, 0.2) is 23.4 Å². The van der Waals surface area contributed by atoms with Gasteiger partial charge in [0.15, 0.2) is 5.16 Å². The first kappa shape index (κ1) is 16.6. The van der Waals surface area contributed by atoms with Gasteiger partial charge in [0.2, 0.25) is 5.91 Å². The number of nitrogens with one attached hydrogen (secondary N) is 1. The SMILES string of the molecule is C[C@H](Sc1nnc(C2CC2)n1C)C(=O)Nc1cc(Cl)ccc1Cl. The van der Waals surface area contributed by atoms with Crippen LogP contribution in [0.25, 0.3) is 0 Å². The summed E-state index contributed by atoms with van der Waals surface area (Å²) in [5.74, 6) is 1.37. The van der Waals surface area contributed by atoms with E-state index in [2.05, 4.69) is 15.5 Å². The number of nitrogens with zero attached hydrogens (tertiary/aromatic N) is 3. The molecule has 0 aliphatic heterocycles. The van der Waals surface area contributed by atoms with Gasteiger partial charge in [-0.15, -0.1) is 10.2 Å². The van der Waals surface area contributed by atoms with Crippen LogP contribution < -0.4 is 5.32 Å². The fourth-order valence-corrected chi connectivity index (χ4v) is 3.32. The summed E-state index contributed by atoms with van der Waals surface area (Å²) in [5, 5.41) is 12.6. The number of carbonyl (C=O) groups excluding carboxylic acids is 1. The Balaban J connectivity index is 1.66. The second-order valence-corrected chi connectivity index (χ2v) is 7.70. The summed E-state index contributed by atoms with van der Waals surface area (Å²) in [5.41, 5.74) is 0.508. The Kier molecular flexibility index (Phi) is 4.85. The molecule has 1 aromatic carbocycles. The Bertz CT molecular complexity index is 745. The molecule has 0 unspecified atom stereocenters. The van der Waals surface area contributed by atoms with Crippen molar-refractivity contribution in [2.24, 2.45) is 7.05 Å². The Morgan fingerprint density at radius 1 is 1.39 bits per heavy atom. The zero-order valence-corrected chi connectivity index (χ0v) is 15.0. The van der Waals surface area contributed by atoms with E-state index in [1.165, 1.54) is 24.6 Å². The van der Waals surface area contributed by atoms with E-state index in [4.69, 9.17) is 23.2 Å². The van der Waals surface area contributed by atoms with Crippen LogP contribution in [-0.4, -0.2) is 25.9 Å². The van der Waals surface area contributed by atoms with Crippen molar-refractivity contribution in [1.29, 1.82) is 0 Å². The van der Waals surface area contributed by atoms with Gasteiger partial charge < -0.3 is 9.88 Å². The molecule has 0 saturated heterocycles. The fourth-order valence-electron chi connectivity index (χ4n) is 2.17. The molecule has 3 rings (SSSR count).